The number of amides is 6. The molecule has 5 aromatic rings. The van der Waals surface area contributed by atoms with Crippen LogP contribution in [0.4, 0.5) is 38.9 Å². The number of rotatable bonds is 11. The van der Waals surface area contributed by atoms with Gasteiger partial charge in [-0.1, -0.05) is 35.9 Å². The number of hydrogen-bond donors (Lipinski definition) is 4. The molecule has 16 nitrogen and oxygen atoms in total. The van der Waals surface area contributed by atoms with Gasteiger partial charge in [0, 0.05) is 74.4 Å². The number of fused-ring (bicyclic) bond motifs is 1. The summed E-state index contributed by atoms with van der Waals surface area (Å²) in [5.74, 6) is -2.92. The zero-order valence-electron chi connectivity index (χ0n) is 35.1. The van der Waals surface area contributed by atoms with Crippen LogP contribution in [0.2, 0.25) is 5.02 Å². The van der Waals surface area contributed by atoms with Gasteiger partial charge < -0.3 is 25.8 Å². The fourth-order valence-electron chi connectivity index (χ4n) is 8.72. The average molecular weight is 899 g/mol. The van der Waals surface area contributed by atoms with Gasteiger partial charge >= 0.3 is 0 Å². The van der Waals surface area contributed by atoms with Crippen molar-refractivity contribution in [2.75, 3.05) is 60.1 Å². The van der Waals surface area contributed by atoms with Crippen LogP contribution in [0.15, 0.2) is 97.2 Å². The molecule has 332 valence electrons. The van der Waals surface area contributed by atoms with Crippen LogP contribution in [0.5, 0.6) is 0 Å². The van der Waals surface area contributed by atoms with Crippen molar-refractivity contribution in [1.82, 2.24) is 30.0 Å². The zero-order valence-corrected chi connectivity index (χ0v) is 35.8. The van der Waals surface area contributed by atoms with E-state index in [1.807, 2.05) is 35.2 Å². The van der Waals surface area contributed by atoms with Crippen molar-refractivity contribution in [3.8, 4) is 0 Å². The first-order valence-electron chi connectivity index (χ1n) is 21.4. The molecular weight excluding hydrogens is 855 g/mol. The van der Waals surface area contributed by atoms with Crippen LogP contribution < -0.4 is 26.2 Å². The van der Waals surface area contributed by atoms with Gasteiger partial charge in [-0.3, -0.25) is 43.9 Å². The quantitative estimate of drug-likeness (QED) is 0.118. The van der Waals surface area contributed by atoms with Crippen LogP contribution in [0, 0.1) is 5.82 Å². The number of imide groups is 2. The SMILES string of the molecule is O=C1CCC(N2C(=O)c3ccc(N4CCC(N5CCN(C(=O)Cc6ccc(Nc7ncc(F)c(Nc8ccc(C(=O)Nc9ccccc9Cl)cc8)n7)cc6)CC5)CC4)cc3C2=O)C(=O)N1. The molecule has 3 fully saturated rings. The minimum Gasteiger partial charge on any atom is -0.371 e. The topological polar surface area (TPSA) is 189 Å². The molecule has 0 aliphatic carbocycles. The van der Waals surface area contributed by atoms with E-state index in [0.29, 0.717) is 46.8 Å². The Hall–Kier alpha value is -7.24. The molecule has 0 bridgehead atoms. The van der Waals surface area contributed by atoms with Crippen LogP contribution in [0.3, 0.4) is 0 Å². The summed E-state index contributed by atoms with van der Waals surface area (Å²) in [5, 5.41) is 11.4. The normalized spacial score (nSPS) is 18.1. The second-order valence-corrected chi connectivity index (χ2v) is 16.7. The second kappa shape index (κ2) is 18.5. The molecule has 1 atom stereocenters. The average Bonchev–Trinajstić information content (AvgIpc) is 3.56. The number of nitrogens with zero attached hydrogens (tertiary/aromatic N) is 6. The standard InChI is InChI=1S/C47H44ClFN10O6/c48-36-3-1-2-4-38(36)53-43(62)29-7-11-30(12-8-29)51-42-37(49)27-50-47(55-42)52-31-9-5-28(6-10-31)25-41(61)58-23-21-57(22-24-58)32-17-19-56(20-18-32)33-13-14-34-35(26-33)46(65)59(45(34)64)39-15-16-40(60)54-44(39)63/h1-14,26-27,32,39H,15-25H2,(H,53,62)(H,54,60,63)(H2,50,51,52,55). The van der Waals surface area contributed by atoms with Crippen molar-refractivity contribution in [1.29, 1.82) is 0 Å². The van der Waals surface area contributed by atoms with Crippen molar-refractivity contribution in [2.24, 2.45) is 0 Å². The molecule has 3 saturated heterocycles. The minimum absolute atomic E-state index is 0.0489. The van der Waals surface area contributed by atoms with Gasteiger partial charge in [0.1, 0.15) is 6.04 Å². The van der Waals surface area contributed by atoms with E-state index in [1.165, 1.54) is 0 Å². The smallest absolute Gasteiger partial charge is 0.262 e. The maximum atomic E-state index is 14.8. The number of nitrogens with one attached hydrogen (secondary N) is 4. The summed E-state index contributed by atoms with van der Waals surface area (Å²) in [6, 6.07) is 25.4. The Kier molecular flexibility index (Phi) is 12.2. The number of aromatic nitrogens is 2. The number of anilines is 6. The summed E-state index contributed by atoms with van der Waals surface area (Å²) in [7, 11) is 0. The van der Waals surface area contributed by atoms with Crippen LogP contribution in [0.25, 0.3) is 0 Å². The Balaban J connectivity index is 0.720. The molecule has 9 rings (SSSR count). The zero-order chi connectivity index (χ0) is 45.2. The lowest BCUT2D eigenvalue weighted by Crippen LogP contribution is -2.54. The highest BCUT2D eigenvalue weighted by Gasteiger charge is 2.45. The Bertz CT molecular complexity index is 2690. The lowest BCUT2D eigenvalue weighted by atomic mass is 10.0. The lowest BCUT2D eigenvalue weighted by molar-refractivity contribution is -0.136. The molecule has 1 unspecified atom stereocenters. The fraction of sp³-hybridized carbons (Fsp3) is 0.277. The third kappa shape index (κ3) is 9.37. The van der Waals surface area contributed by atoms with E-state index in [2.05, 4.69) is 41.0 Å². The number of piperidine rings is 2. The van der Waals surface area contributed by atoms with Gasteiger partial charge in [-0.2, -0.15) is 4.98 Å². The largest absolute Gasteiger partial charge is 0.371 e. The van der Waals surface area contributed by atoms with Gasteiger partial charge in [0.05, 0.1) is 34.5 Å². The van der Waals surface area contributed by atoms with Gasteiger partial charge in [0.2, 0.25) is 23.7 Å². The van der Waals surface area contributed by atoms with E-state index < -0.39 is 35.5 Å². The maximum Gasteiger partial charge on any atom is 0.262 e. The maximum absolute atomic E-state index is 14.8. The van der Waals surface area contributed by atoms with Gasteiger partial charge in [-0.25, -0.2) is 9.37 Å². The number of carbonyl (C=O) groups is 6. The first-order chi connectivity index (χ1) is 31.5. The molecule has 18 heteroatoms. The highest BCUT2D eigenvalue weighted by molar-refractivity contribution is 6.34. The Labute approximate surface area is 378 Å². The molecule has 0 radical (unpaired) electrons. The molecule has 0 saturated carbocycles. The van der Waals surface area contributed by atoms with Gasteiger partial charge in [-0.15, -0.1) is 0 Å². The minimum atomic E-state index is -1.000. The summed E-state index contributed by atoms with van der Waals surface area (Å²) >= 11 is 6.15. The highest BCUT2D eigenvalue weighted by atomic mass is 35.5. The molecule has 4 aromatic carbocycles. The van der Waals surface area contributed by atoms with Crippen molar-refractivity contribution in [3.63, 3.8) is 0 Å². The number of para-hydroxylation sites is 1. The molecule has 5 heterocycles. The van der Waals surface area contributed by atoms with Crippen molar-refractivity contribution in [2.45, 2.75) is 44.2 Å². The van der Waals surface area contributed by atoms with Gasteiger partial charge in [0.15, 0.2) is 11.6 Å². The predicted molar refractivity (Wildman–Crippen MR) is 241 cm³/mol. The molecule has 65 heavy (non-hydrogen) atoms. The second-order valence-electron chi connectivity index (χ2n) is 16.3. The van der Waals surface area contributed by atoms with E-state index in [4.69, 9.17) is 11.6 Å². The van der Waals surface area contributed by atoms with Gasteiger partial charge in [0.25, 0.3) is 17.7 Å². The number of carbonyl (C=O) groups excluding carboxylic acids is 6. The summed E-state index contributed by atoms with van der Waals surface area (Å²) < 4.78 is 14.8. The van der Waals surface area contributed by atoms with Crippen molar-refractivity contribution < 1.29 is 33.2 Å². The Morgan fingerprint density at radius 3 is 2.20 bits per heavy atom. The monoisotopic (exact) mass is 898 g/mol. The van der Waals surface area contributed by atoms with E-state index in [-0.39, 0.29) is 54.0 Å². The lowest BCUT2D eigenvalue weighted by Gasteiger charge is -2.43. The van der Waals surface area contributed by atoms with Crippen LogP contribution in [0.1, 0.15) is 62.3 Å². The van der Waals surface area contributed by atoms with E-state index in [1.54, 1.807) is 60.7 Å². The first-order valence-corrected chi connectivity index (χ1v) is 21.8. The van der Waals surface area contributed by atoms with Crippen molar-refractivity contribution >= 4 is 81.6 Å². The Morgan fingerprint density at radius 2 is 1.48 bits per heavy atom. The Morgan fingerprint density at radius 1 is 0.785 bits per heavy atom. The highest BCUT2D eigenvalue weighted by Crippen LogP contribution is 2.33. The van der Waals surface area contributed by atoms with Crippen LogP contribution in [-0.4, -0.2) is 111 Å². The van der Waals surface area contributed by atoms with Gasteiger partial charge in [-0.05, 0) is 91.6 Å². The summed E-state index contributed by atoms with van der Waals surface area (Å²) in [5.41, 5.74) is 4.28. The molecular formula is C47H44ClFN10O6. The summed E-state index contributed by atoms with van der Waals surface area (Å²) in [4.78, 5) is 92.6. The first kappa shape index (κ1) is 43.0. The van der Waals surface area contributed by atoms with E-state index in [9.17, 15) is 33.2 Å². The summed E-state index contributed by atoms with van der Waals surface area (Å²) in [6.07, 6.45) is 3.31. The van der Waals surface area contributed by atoms with Crippen LogP contribution >= 0.6 is 11.6 Å². The molecule has 6 amide bonds. The number of halogens is 2. The third-order valence-electron chi connectivity index (χ3n) is 12.3. The molecule has 1 aromatic heterocycles. The molecule has 0 spiro atoms. The fourth-order valence-corrected chi connectivity index (χ4v) is 8.90. The number of hydrogen-bond acceptors (Lipinski definition) is 12. The van der Waals surface area contributed by atoms with E-state index in [0.717, 1.165) is 61.4 Å². The van der Waals surface area contributed by atoms with E-state index >= 15 is 0 Å². The number of piperazine rings is 1. The summed E-state index contributed by atoms with van der Waals surface area (Å²) in [6.45, 7) is 4.33. The van der Waals surface area contributed by atoms with Crippen molar-refractivity contribution in [3.05, 3.63) is 130 Å². The predicted octanol–water partition coefficient (Wildman–Crippen LogP) is 5.77. The molecule has 4 aliphatic heterocycles. The molecule has 4 N–H and O–H groups in total. The third-order valence-corrected chi connectivity index (χ3v) is 12.6. The number of benzene rings is 4. The molecule has 4 aliphatic rings. The van der Waals surface area contributed by atoms with Crippen LogP contribution in [-0.2, 0) is 20.8 Å².